The Morgan fingerprint density at radius 1 is 1.25 bits per heavy atom. The maximum absolute atomic E-state index is 10.2. The van der Waals surface area contributed by atoms with Crippen LogP contribution < -0.4 is 5.73 Å². The van der Waals surface area contributed by atoms with E-state index in [1.165, 1.54) is 25.7 Å². The van der Waals surface area contributed by atoms with Crippen molar-refractivity contribution in [2.24, 2.45) is 11.7 Å². The van der Waals surface area contributed by atoms with Crippen LogP contribution in [0, 0.1) is 5.92 Å². The SMILES string of the molecule is CC(CN)C1(O)CCCCCC1. The van der Waals surface area contributed by atoms with Gasteiger partial charge in [0, 0.05) is 0 Å². The fourth-order valence-electron chi connectivity index (χ4n) is 2.05. The van der Waals surface area contributed by atoms with E-state index in [1.807, 2.05) is 0 Å². The zero-order valence-electron chi connectivity index (χ0n) is 8.05. The van der Waals surface area contributed by atoms with Gasteiger partial charge in [-0.05, 0) is 25.3 Å². The summed E-state index contributed by atoms with van der Waals surface area (Å²) >= 11 is 0. The van der Waals surface area contributed by atoms with Crippen LogP contribution in [0.5, 0.6) is 0 Å². The Labute approximate surface area is 75.2 Å². The molecule has 1 aliphatic rings. The fourth-order valence-corrected chi connectivity index (χ4v) is 2.05. The van der Waals surface area contributed by atoms with Crippen molar-refractivity contribution < 1.29 is 5.11 Å². The van der Waals surface area contributed by atoms with E-state index in [2.05, 4.69) is 6.92 Å². The van der Waals surface area contributed by atoms with Crippen molar-refractivity contribution in [2.75, 3.05) is 6.54 Å². The molecule has 0 amide bonds. The standard InChI is InChI=1S/C10H21NO/c1-9(8-11)10(12)6-4-2-3-5-7-10/h9,12H,2-8,11H2,1H3. The molecule has 12 heavy (non-hydrogen) atoms. The van der Waals surface area contributed by atoms with Crippen molar-refractivity contribution in [3.8, 4) is 0 Å². The van der Waals surface area contributed by atoms with Crippen molar-refractivity contribution in [1.82, 2.24) is 0 Å². The Kier molecular flexibility index (Phi) is 3.53. The molecule has 0 radical (unpaired) electrons. The molecule has 2 nitrogen and oxygen atoms in total. The third-order valence-corrected chi connectivity index (χ3v) is 3.24. The van der Waals surface area contributed by atoms with Gasteiger partial charge < -0.3 is 10.8 Å². The highest BCUT2D eigenvalue weighted by Gasteiger charge is 2.32. The van der Waals surface area contributed by atoms with Gasteiger partial charge >= 0.3 is 0 Å². The predicted octanol–water partition coefficient (Wildman–Crippen LogP) is 1.67. The van der Waals surface area contributed by atoms with Gasteiger partial charge in [-0.15, -0.1) is 0 Å². The van der Waals surface area contributed by atoms with Crippen LogP contribution in [0.4, 0.5) is 0 Å². The minimum atomic E-state index is -0.453. The molecule has 1 saturated carbocycles. The molecule has 0 heterocycles. The maximum Gasteiger partial charge on any atom is 0.0685 e. The monoisotopic (exact) mass is 171 g/mol. The highest BCUT2D eigenvalue weighted by Crippen LogP contribution is 2.32. The van der Waals surface area contributed by atoms with Gasteiger partial charge in [-0.3, -0.25) is 0 Å². The quantitative estimate of drug-likeness (QED) is 0.621. The second-order valence-corrected chi connectivity index (χ2v) is 4.15. The smallest absolute Gasteiger partial charge is 0.0685 e. The Morgan fingerprint density at radius 2 is 1.75 bits per heavy atom. The van der Waals surface area contributed by atoms with Gasteiger partial charge in [-0.1, -0.05) is 32.6 Å². The molecule has 1 rings (SSSR count). The highest BCUT2D eigenvalue weighted by molar-refractivity contribution is 4.86. The van der Waals surface area contributed by atoms with E-state index in [-0.39, 0.29) is 5.92 Å². The normalized spacial score (nSPS) is 26.2. The fraction of sp³-hybridized carbons (Fsp3) is 1.00. The van der Waals surface area contributed by atoms with E-state index in [9.17, 15) is 5.11 Å². The van der Waals surface area contributed by atoms with Crippen LogP contribution in [-0.2, 0) is 0 Å². The molecule has 72 valence electrons. The number of hydrogen-bond donors (Lipinski definition) is 2. The summed E-state index contributed by atoms with van der Waals surface area (Å²) in [5.41, 5.74) is 5.13. The summed E-state index contributed by atoms with van der Waals surface area (Å²) in [4.78, 5) is 0. The lowest BCUT2D eigenvalue weighted by Crippen LogP contribution is -2.39. The minimum absolute atomic E-state index is 0.260. The van der Waals surface area contributed by atoms with E-state index >= 15 is 0 Å². The van der Waals surface area contributed by atoms with Crippen molar-refractivity contribution in [2.45, 2.75) is 51.0 Å². The first-order valence-electron chi connectivity index (χ1n) is 5.11. The molecule has 0 aromatic carbocycles. The lowest BCUT2D eigenvalue weighted by Gasteiger charge is -2.32. The molecule has 1 fully saturated rings. The summed E-state index contributed by atoms with van der Waals surface area (Å²) in [6.07, 6.45) is 6.79. The second-order valence-electron chi connectivity index (χ2n) is 4.15. The molecule has 0 aliphatic heterocycles. The molecule has 0 spiro atoms. The molecule has 0 aromatic heterocycles. The van der Waals surface area contributed by atoms with Gasteiger partial charge in [0.25, 0.3) is 0 Å². The van der Waals surface area contributed by atoms with Crippen molar-refractivity contribution >= 4 is 0 Å². The Hall–Kier alpha value is -0.0800. The average molecular weight is 171 g/mol. The largest absolute Gasteiger partial charge is 0.390 e. The molecule has 0 saturated heterocycles. The summed E-state index contributed by atoms with van der Waals surface area (Å²) in [6, 6.07) is 0. The molecular formula is C10H21NO. The van der Waals surface area contributed by atoms with E-state index in [0.717, 1.165) is 12.8 Å². The predicted molar refractivity (Wildman–Crippen MR) is 50.9 cm³/mol. The molecule has 0 aromatic rings. The summed E-state index contributed by atoms with van der Waals surface area (Å²) in [7, 11) is 0. The molecular weight excluding hydrogens is 150 g/mol. The van der Waals surface area contributed by atoms with Crippen LogP contribution in [0.2, 0.25) is 0 Å². The molecule has 3 N–H and O–H groups in total. The first-order valence-corrected chi connectivity index (χ1v) is 5.11. The number of rotatable bonds is 2. The van der Waals surface area contributed by atoms with Gasteiger partial charge in [-0.2, -0.15) is 0 Å². The lowest BCUT2D eigenvalue weighted by atomic mass is 9.82. The van der Waals surface area contributed by atoms with Gasteiger partial charge in [0.15, 0.2) is 0 Å². The van der Waals surface area contributed by atoms with Crippen molar-refractivity contribution in [3.63, 3.8) is 0 Å². The highest BCUT2D eigenvalue weighted by atomic mass is 16.3. The topological polar surface area (TPSA) is 46.2 Å². The first-order chi connectivity index (χ1) is 5.69. The summed E-state index contributed by atoms with van der Waals surface area (Å²) in [5, 5.41) is 10.2. The maximum atomic E-state index is 10.2. The summed E-state index contributed by atoms with van der Waals surface area (Å²) < 4.78 is 0. The van der Waals surface area contributed by atoms with Crippen LogP contribution in [-0.4, -0.2) is 17.3 Å². The second kappa shape index (κ2) is 4.24. The Balaban J connectivity index is 2.53. The van der Waals surface area contributed by atoms with E-state index in [4.69, 9.17) is 5.73 Å². The van der Waals surface area contributed by atoms with E-state index < -0.39 is 5.60 Å². The van der Waals surface area contributed by atoms with Crippen LogP contribution in [0.15, 0.2) is 0 Å². The third-order valence-electron chi connectivity index (χ3n) is 3.24. The van der Waals surface area contributed by atoms with Crippen molar-refractivity contribution in [1.29, 1.82) is 0 Å². The van der Waals surface area contributed by atoms with Crippen LogP contribution in [0.3, 0.4) is 0 Å². The van der Waals surface area contributed by atoms with Gasteiger partial charge in [-0.25, -0.2) is 0 Å². The first kappa shape index (κ1) is 10.0. The third kappa shape index (κ3) is 2.20. The van der Waals surface area contributed by atoms with Crippen molar-refractivity contribution in [3.05, 3.63) is 0 Å². The Morgan fingerprint density at radius 3 is 2.17 bits per heavy atom. The summed E-state index contributed by atoms with van der Waals surface area (Å²) in [5.74, 6) is 0.260. The van der Waals surface area contributed by atoms with Gasteiger partial charge in [0.1, 0.15) is 0 Å². The molecule has 1 unspecified atom stereocenters. The Bertz CT molecular complexity index is 128. The van der Waals surface area contributed by atoms with Crippen LogP contribution in [0.25, 0.3) is 0 Å². The van der Waals surface area contributed by atoms with Gasteiger partial charge in [0.05, 0.1) is 5.60 Å². The number of hydrogen-bond acceptors (Lipinski definition) is 2. The summed E-state index contributed by atoms with van der Waals surface area (Å²) in [6.45, 7) is 2.67. The molecule has 1 atom stereocenters. The lowest BCUT2D eigenvalue weighted by molar-refractivity contribution is -0.0221. The zero-order chi connectivity index (χ0) is 9.03. The minimum Gasteiger partial charge on any atom is -0.390 e. The molecule has 0 bridgehead atoms. The average Bonchev–Trinajstić information content (AvgIpc) is 2.29. The number of aliphatic hydroxyl groups is 1. The molecule has 2 heteroatoms. The molecule has 1 aliphatic carbocycles. The zero-order valence-corrected chi connectivity index (χ0v) is 8.05. The van der Waals surface area contributed by atoms with E-state index in [0.29, 0.717) is 6.54 Å². The van der Waals surface area contributed by atoms with E-state index in [1.54, 1.807) is 0 Å². The van der Waals surface area contributed by atoms with Crippen LogP contribution in [0.1, 0.15) is 45.4 Å². The van der Waals surface area contributed by atoms with Gasteiger partial charge in [0.2, 0.25) is 0 Å². The van der Waals surface area contributed by atoms with Crippen LogP contribution >= 0.6 is 0 Å². The number of nitrogens with two attached hydrogens (primary N) is 1.